The molecule has 0 bridgehead atoms. The van der Waals surface area contributed by atoms with Gasteiger partial charge in [-0.25, -0.2) is 0 Å². The van der Waals surface area contributed by atoms with Gasteiger partial charge in [0, 0.05) is 6.61 Å². The molecule has 0 radical (unpaired) electrons. The molecule has 52 valence electrons. The summed E-state index contributed by atoms with van der Waals surface area (Å²) in [6.45, 7) is 2.58. The molecule has 1 aliphatic carbocycles. The van der Waals surface area contributed by atoms with E-state index in [1.165, 1.54) is 0 Å². The van der Waals surface area contributed by atoms with E-state index in [1.807, 2.05) is 6.92 Å². The number of carbonyl (C=O) groups is 1. The molecule has 0 aromatic heterocycles. The first-order chi connectivity index (χ1) is 4.25. The summed E-state index contributed by atoms with van der Waals surface area (Å²) in [6.07, 6.45) is 0.941. The van der Waals surface area contributed by atoms with Crippen LogP contribution in [-0.4, -0.2) is 18.0 Å². The van der Waals surface area contributed by atoms with Gasteiger partial charge in [-0.2, -0.15) is 0 Å². The molecule has 1 rings (SSSR count). The van der Waals surface area contributed by atoms with Crippen LogP contribution in [0.5, 0.6) is 0 Å². The molecule has 0 aromatic carbocycles. The van der Waals surface area contributed by atoms with Crippen LogP contribution in [0, 0.1) is 5.92 Å². The molecule has 1 fully saturated rings. The first-order valence-corrected chi connectivity index (χ1v) is 3.44. The van der Waals surface area contributed by atoms with Crippen molar-refractivity contribution in [1.82, 2.24) is 0 Å². The Labute approximate surface area is 59.1 Å². The average molecular weight is 149 g/mol. The lowest BCUT2D eigenvalue weighted by molar-refractivity contribution is -0.113. The molecule has 2 nitrogen and oxygen atoms in total. The van der Waals surface area contributed by atoms with Crippen molar-refractivity contribution in [1.29, 1.82) is 0 Å². The van der Waals surface area contributed by atoms with Crippen LogP contribution in [0.2, 0.25) is 0 Å². The van der Waals surface area contributed by atoms with Crippen molar-refractivity contribution in [3.8, 4) is 0 Å². The van der Waals surface area contributed by atoms with Gasteiger partial charge in [-0.15, -0.1) is 0 Å². The Morgan fingerprint density at radius 1 is 1.89 bits per heavy atom. The van der Waals surface area contributed by atoms with Gasteiger partial charge in [-0.1, -0.05) is 0 Å². The molecule has 1 saturated carbocycles. The number of ether oxygens (including phenoxy) is 1. The van der Waals surface area contributed by atoms with Crippen LogP contribution in [0.15, 0.2) is 0 Å². The fraction of sp³-hybridized carbons (Fsp3) is 0.833. The summed E-state index contributed by atoms with van der Waals surface area (Å²) in [6, 6.07) is 0. The maximum Gasteiger partial charge on any atom is 0.227 e. The summed E-state index contributed by atoms with van der Waals surface area (Å²) >= 11 is 5.19. The van der Waals surface area contributed by atoms with Crippen LogP contribution in [0.1, 0.15) is 13.3 Å². The Morgan fingerprint density at radius 3 is 2.89 bits per heavy atom. The van der Waals surface area contributed by atoms with Crippen LogP contribution in [0.3, 0.4) is 0 Å². The molecule has 0 aromatic rings. The highest BCUT2D eigenvalue weighted by Gasteiger charge is 2.42. The monoisotopic (exact) mass is 148 g/mol. The molecule has 3 heteroatoms. The van der Waals surface area contributed by atoms with Gasteiger partial charge in [0.25, 0.3) is 0 Å². The predicted octanol–water partition coefficient (Wildman–Crippen LogP) is 1.18. The lowest BCUT2D eigenvalue weighted by atomic mass is 10.5. The van der Waals surface area contributed by atoms with Gasteiger partial charge in [-0.05, 0) is 24.9 Å². The molecule has 0 heterocycles. The molecular formula is C6H9ClO2. The summed E-state index contributed by atoms with van der Waals surface area (Å²) < 4.78 is 5.12. The number of carbonyl (C=O) groups excluding carboxylic acids is 1. The van der Waals surface area contributed by atoms with Gasteiger partial charge in [0.2, 0.25) is 5.24 Å². The van der Waals surface area contributed by atoms with Crippen molar-refractivity contribution in [2.24, 2.45) is 5.92 Å². The molecule has 2 atom stereocenters. The van der Waals surface area contributed by atoms with Gasteiger partial charge >= 0.3 is 0 Å². The van der Waals surface area contributed by atoms with Gasteiger partial charge in [0.1, 0.15) is 0 Å². The fourth-order valence-corrected chi connectivity index (χ4v) is 1.04. The smallest absolute Gasteiger partial charge is 0.227 e. The Kier molecular flexibility index (Phi) is 2.09. The predicted molar refractivity (Wildman–Crippen MR) is 34.4 cm³/mol. The number of hydrogen-bond donors (Lipinski definition) is 0. The normalized spacial score (nSPS) is 32.2. The largest absolute Gasteiger partial charge is 0.378 e. The third-order valence-corrected chi connectivity index (χ3v) is 1.68. The van der Waals surface area contributed by atoms with Gasteiger partial charge in [0.05, 0.1) is 12.0 Å². The lowest BCUT2D eigenvalue weighted by Gasteiger charge is -1.93. The maximum atomic E-state index is 10.4. The topological polar surface area (TPSA) is 26.3 Å². The molecule has 1 aliphatic rings. The highest BCUT2D eigenvalue weighted by molar-refractivity contribution is 6.64. The van der Waals surface area contributed by atoms with Gasteiger partial charge in [-0.3, -0.25) is 4.79 Å². The molecule has 9 heavy (non-hydrogen) atoms. The molecule has 0 aliphatic heterocycles. The molecule has 0 spiro atoms. The highest BCUT2D eigenvalue weighted by Crippen LogP contribution is 2.35. The SMILES string of the molecule is CCOC1CC1C(=O)Cl. The standard InChI is InChI=1S/C6H9ClO2/c1-2-9-5-3-4(5)6(7)8/h4-5H,2-3H2,1H3. The van der Waals surface area contributed by atoms with E-state index in [-0.39, 0.29) is 17.3 Å². The van der Waals surface area contributed by atoms with E-state index < -0.39 is 0 Å². The number of rotatable bonds is 3. The van der Waals surface area contributed by atoms with E-state index in [9.17, 15) is 4.79 Å². The van der Waals surface area contributed by atoms with Gasteiger partial charge < -0.3 is 4.74 Å². The Morgan fingerprint density at radius 2 is 2.56 bits per heavy atom. The summed E-state index contributed by atoms with van der Waals surface area (Å²) in [7, 11) is 0. The summed E-state index contributed by atoms with van der Waals surface area (Å²) in [4.78, 5) is 10.4. The van der Waals surface area contributed by atoms with E-state index >= 15 is 0 Å². The Balaban J connectivity index is 2.17. The zero-order valence-electron chi connectivity index (χ0n) is 5.26. The molecule has 0 N–H and O–H groups in total. The second kappa shape index (κ2) is 2.67. The van der Waals surface area contributed by atoms with E-state index in [4.69, 9.17) is 16.3 Å². The summed E-state index contributed by atoms with van der Waals surface area (Å²) in [5, 5.41) is -0.256. The van der Waals surface area contributed by atoms with Crippen LogP contribution < -0.4 is 0 Å². The summed E-state index contributed by atoms with van der Waals surface area (Å²) in [5.41, 5.74) is 0. The molecular weight excluding hydrogens is 140 g/mol. The zero-order valence-corrected chi connectivity index (χ0v) is 6.02. The van der Waals surface area contributed by atoms with Crippen molar-refractivity contribution >= 4 is 16.8 Å². The molecule has 0 saturated heterocycles. The minimum atomic E-state index is -0.256. The molecule has 2 unspecified atom stereocenters. The number of hydrogen-bond acceptors (Lipinski definition) is 2. The van der Waals surface area contributed by atoms with E-state index in [0.29, 0.717) is 6.61 Å². The first-order valence-electron chi connectivity index (χ1n) is 3.06. The van der Waals surface area contributed by atoms with Crippen molar-refractivity contribution < 1.29 is 9.53 Å². The van der Waals surface area contributed by atoms with E-state index in [1.54, 1.807) is 0 Å². The van der Waals surface area contributed by atoms with Gasteiger partial charge in [0.15, 0.2) is 0 Å². The lowest BCUT2D eigenvalue weighted by Crippen LogP contribution is -2.00. The van der Waals surface area contributed by atoms with Crippen molar-refractivity contribution in [2.45, 2.75) is 19.4 Å². The van der Waals surface area contributed by atoms with E-state index in [0.717, 1.165) is 6.42 Å². The van der Waals surface area contributed by atoms with Crippen LogP contribution in [-0.2, 0) is 9.53 Å². The second-order valence-electron chi connectivity index (χ2n) is 2.14. The second-order valence-corrected chi connectivity index (χ2v) is 2.51. The highest BCUT2D eigenvalue weighted by atomic mass is 35.5. The van der Waals surface area contributed by atoms with Crippen molar-refractivity contribution in [3.63, 3.8) is 0 Å². The Bertz CT molecular complexity index is 124. The van der Waals surface area contributed by atoms with Crippen LogP contribution >= 0.6 is 11.6 Å². The molecule has 0 amide bonds. The minimum absolute atomic E-state index is 0.00776. The fourth-order valence-electron chi connectivity index (χ4n) is 0.809. The third-order valence-electron chi connectivity index (χ3n) is 1.40. The van der Waals surface area contributed by atoms with E-state index in [2.05, 4.69) is 0 Å². The van der Waals surface area contributed by atoms with Crippen molar-refractivity contribution in [3.05, 3.63) is 0 Å². The Hall–Kier alpha value is -0.0800. The first kappa shape index (κ1) is 7.03. The van der Waals surface area contributed by atoms with Crippen LogP contribution in [0.25, 0.3) is 0 Å². The van der Waals surface area contributed by atoms with Crippen molar-refractivity contribution in [2.75, 3.05) is 6.61 Å². The quantitative estimate of drug-likeness (QED) is 0.562. The minimum Gasteiger partial charge on any atom is -0.378 e. The van der Waals surface area contributed by atoms with Crippen LogP contribution in [0.4, 0.5) is 0 Å². The average Bonchev–Trinajstić information content (AvgIpc) is 2.47. The maximum absolute atomic E-state index is 10.4. The zero-order chi connectivity index (χ0) is 6.85. The summed E-state index contributed by atoms with van der Waals surface area (Å²) in [5.74, 6) is -0.00776. The number of halogens is 1. The third kappa shape index (κ3) is 1.66.